The Hall–Kier alpha value is 0.620. The van der Waals surface area contributed by atoms with Gasteiger partial charge in [0.1, 0.15) is 0 Å². The van der Waals surface area contributed by atoms with Crippen LogP contribution in [0, 0.1) is 0 Å². The van der Waals surface area contributed by atoms with Gasteiger partial charge in [-0.25, -0.2) is 0 Å². The van der Waals surface area contributed by atoms with Crippen LogP contribution in [0.4, 0.5) is 0 Å². The van der Waals surface area contributed by atoms with Crippen molar-refractivity contribution in [1.29, 1.82) is 0 Å². The molecule has 0 fully saturated rings. The zero-order chi connectivity index (χ0) is 10.1. The maximum atomic E-state index is 4.24. The second kappa shape index (κ2) is 9.19. The molecule has 0 heterocycles. The topological polar surface area (TPSA) is 6.48 Å². The highest BCUT2D eigenvalue weighted by molar-refractivity contribution is 7.80. The van der Waals surface area contributed by atoms with E-state index >= 15 is 0 Å². The quantitative estimate of drug-likeness (QED) is 0.594. The normalized spacial score (nSPS) is 11.5. The van der Waals surface area contributed by atoms with Crippen molar-refractivity contribution in [2.45, 2.75) is 6.42 Å². The summed E-state index contributed by atoms with van der Waals surface area (Å²) < 4.78 is 0. The summed E-state index contributed by atoms with van der Waals surface area (Å²) in [7, 11) is 4.23. The van der Waals surface area contributed by atoms with E-state index in [1.54, 1.807) is 0 Å². The Kier molecular flexibility index (Phi) is 9.62. The SMILES string of the molecule is CN(C)CCCN(CCS)CCS. The summed E-state index contributed by atoms with van der Waals surface area (Å²) in [4.78, 5) is 4.64. The Labute approximate surface area is 93.5 Å². The lowest BCUT2D eigenvalue weighted by atomic mass is 10.3. The molecule has 2 nitrogen and oxygen atoms in total. The standard InChI is InChI=1S/C9H22N2S2/c1-10(2)4-3-5-11(6-8-12)7-9-13/h12-13H,3-9H2,1-2H3. The van der Waals surface area contributed by atoms with Crippen molar-refractivity contribution < 1.29 is 0 Å². The molecule has 0 atom stereocenters. The number of rotatable bonds is 8. The average molecular weight is 222 g/mol. The molecule has 0 saturated carbocycles. The van der Waals surface area contributed by atoms with Gasteiger partial charge in [0.2, 0.25) is 0 Å². The largest absolute Gasteiger partial charge is 0.309 e. The van der Waals surface area contributed by atoms with Crippen molar-refractivity contribution in [2.24, 2.45) is 0 Å². The van der Waals surface area contributed by atoms with Crippen LogP contribution in [-0.4, -0.2) is 61.6 Å². The predicted octanol–water partition coefficient (Wildman–Crippen LogP) is 1.10. The Bertz CT molecular complexity index is 104. The molecule has 0 aromatic rings. The second-order valence-electron chi connectivity index (χ2n) is 3.45. The minimum Gasteiger partial charge on any atom is -0.309 e. The molecule has 0 rings (SSSR count). The van der Waals surface area contributed by atoms with Crippen LogP contribution in [0.1, 0.15) is 6.42 Å². The molecule has 0 aliphatic rings. The van der Waals surface area contributed by atoms with E-state index in [1.165, 1.54) is 13.0 Å². The first-order valence-electron chi connectivity index (χ1n) is 4.79. The fraction of sp³-hybridized carbons (Fsp3) is 1.00. The fourth-order valence-corrected chi connectivity index (χ4v) is 1.79. The minimum atomic E-state index is 0.940. The maximum absolute atomic E-state index is 4.24. The molecule has 0 N–H and O–H groups in total. The van der Waals surface area contributed by atoms with Crippen molar-refractivity contribution in [3.8, 4) is 0 Å². The second-order valence-corrected chi connectivity index (χ2v) is 4.34. The highest BCUT2D eigenvalue weighted by Gasteiger charge is 2.02. The van der Waals surface area contributed by atoms with Crippen LogP contribution in [0.2, 0.25) is 0 Å². The number of nitrogens with zero attached hydrogens (tertiary/aromatic N) is 2. The zero-order valence-corrected chi connectivity index (χ0v) is 10.5. The van der Waals surface area contributed by atoms with Crippen LogP contribution in [0.3, 0.4) is 0 Å². The Morgan fingerprint density at radius 1 is 0.846 bits per heavy atom. The Morgan fingerprint density at radius 3 is 1.77 bits per heavy atom. The van der Waals surface area contributed by atoms with Gasteiger partial charge in [-0.3, -0.25) is 0 Å². The third-order valence-electron chi connectivity index (χ3n) is 1.91. The molecule has 0 aliphatic carbocycles. The van der Waals surface area contributed by atoms with Gasteiger partial charge in [-0.05, 0) is 33.6 Å². The molecular weight excluding hydrogens is 200 g/mol. The monoisotopic (exact) mass is 222 g/mol. The molecule has 0 saturated heterocycles. The van der Waals surface area contributed by atoms with Crippen LogP contribution >= 0.6 is 25.3 Å². The summed E-state index contributed by atoms with van der Waals surface area (Å²) in [5.74, 6) is 1.88. The number of thiol groups is 2. The van der Waals surface area contributed by atoms with E-state index in [0.717, 1.165) is 31.1 Å². The smallest absolute Gasteiger partial charge is 0.00702 e. The number of hydrogen-bond acceptors (Lipinski definition) is 4. The van der Waals surface area contributed by atoms with Crippen molar-refractivity contribution in [3.05, 3.63) is 0 Å². The summed E-state index contributed by atoms with van der Waals surface area (Å²) in [5.41, 5.74) is 0. The molecule has 0 bridgehead atoms. The van der Waals surface area contributed by atoms with Crippen molar-refractivity contribution in [3.63, 3.8) is 0 Å². The van der Waals surface area contributed by atoms with Crippen molar-refractivity contribution in [1.82, 2.24) is 9.80 Å². The first-order valence-corrected chi connectivity index (χ1v) is 6.06. The highest BCUT2D eigenvalue weighted by Crippen LogP contribution is 1.94. The first-order chi connectivity index (χ1) is 6.20. The summed E-state index contributed by atoms with van der Waals surface area (Å²) >= 11 is 8.48. The van der Waals surface area contributed by atoms with Crippen LogP contribution < -0.4 is 0 Å². The molecule has 4 heteroatoms. The molecule has 0 aliphatic heterocycles. The first kappa shape index (κ1) is 13.6. The molecular formula is C9H22N2S2. The van der Waals surface area contributed by atoms with Gasteiger partial charge in [0.25, 0.3) is 0 Å². The average Bonchev–Trinajstić information content (AvgIpc) is 2.04. The number of hydrogen-bond donors (Lipinski definition) is 2. The van der Waals surface area contributed by atoms with E-state index in [0.29, 0.717) is 0 Å². The van der Waals surface area contributed by atoms with Gasteiger partial charge in [0.15, 0.2) is 0 Å². The van der Waals surface area contributed by atoms with Crippen LogP contribution in [-0.2, 0) is 0 Å². The summed E-state index contributed by atoms with van der Waals surface area (Å²) in [6.07, 6.45) is 1.23. The van der Waals surface area contributed by atoms with Crippen LogP contribution in [0.15, 0.2) is 0 Å². The van der Waals surface area contributed by atoms with Crippen molar-refractivity contribution in [2.75, 3.05) is 51.8 Å². The maximum Gasteiger partial charge on any atom is 0.00702 e. The molecule has 80 valence electrons. The highest BCUT2D eigenvalue weighted by atomic mass is 32.1. The van der Waals surface area contributed by atoms with E-state index in [-0.39, 0.29) is 0 Å². The molecule has 0 amide bonds. The van der Waals surface area contributed by atoms with E-state index in [4.69, 9.17) is 0 Å². The lowest BCUT2D eigenvalue weighted by Crippen LogP contribution is -2.30. The van der Waals surface area contributed by atoms with Gasteiger partial charge in [-0.1, -0.05) is 0 Å². The molecule has 0 aromatic heterocycles. The summed E-state index contributed by atoms with van der Waals surface area (Å²) in [6, 6.07) is 0. The minimum absolute atomic E-state index is 0.940. The summed E-state index contributed by atoms with van der Waals surface area (Å²) in [5, 5.41) is 0. The van der Waals surface area contributed by atoms with E-state index < -0.39 is 0 Å². The Balaban J connectivity index is 3.44. The van der Waals surface area contributed by atoms with E-state index in [2.05, 4.69) is 49.2 Å². The van der Waals surface area contributed by atoms with Gasteiger partial charge in [0.05, 0.1) is 0 Å². The van der Waals surface area contributed by atoms with Gasteiger partial charge in [0, 0.05) is 24.6 Å². The lowest BCUT2D eigenvalue weighted by Gasteiger charge is -2.21. The molecule has 0 radical (unpaired) electrons. The zero-order valence-electron chi connectivity index (χ0n) is 8.74. The predicted molar refractivity (Wildman–Crippen MR) is 67.3 cm³/mol. The van der Waals surface area contributed by atoms with E-state index in [1.807, 2.05) is 0 Å². The van der Waals surface area contributed by atoms with E-state index in [9.17, 15) is 0 Å². The lowest BCUT2D eigenvalue weighted by molar-refractivity contribution is 0.282. The van der Waals surface area contributed by atoms with Crippen molar-refractivity contribution >= 4 is 25.3 Å². The van der Waals surface area contributed by atoms with Crippen LogP contribution in [0.5, 0.6) is 0 Å². The third-order valence-corrected chi connectivity index (χ3v) is 2.31. The van der Waals surface area contributed by atoms with Gasteiger partial charge < -0.3 is 9.80 Å². The van der Waals surface area contributed by atoms with Gasteiger partial charge >= 0.3 is 0 Å². The van der Waals surface area contributed by atoms with Gasteiger partial charge in [-0.2, -0.15) is 25.3 Å². The third kappa shape index (κ3) is 8.94. The fourth-order valence-electron chi connectivity index (χ4n) is 1.23. The van der Waals surface area contributed by atoms with Crippen LogP contribution in [0.25, 0.3) is 0 Å². The molecule has 13 heavy (non-hydrogen) atoms. The molecule has 0 spiro atoms. The molecule has 0 unspecified atom stereocenters. The molecule has 0 aromatic carbocycles. The summed E-state index contributed by atoms with van der Waals surface area (Å²) in [6.45, 7) is 4.49. The Morgan fingerprint density at radius 2 is 1.38 bits per heavy atom. The van der Waals surface area contributed by atoms with Gasteiger partial charge in [-0.15, -0.1) is 0 Å².